The van der Waals surface area contributed by atoms with E-state index in [1.807, 2.05) is 66.4 Å². The lowest BCUT2D eigenvalue weighted by molar-refractivity contribution is -0.136. The molecule has 1 fully saturated rings. The van der Waals surface area contributed by atoms with E-state index in [1.165, 1.54) is 11.8 Å². The minimum atomic E-state index is -0.321. The number of rotatable bonds is 5. The van der Waals surface area contributed by atoms with Gasteiger partial charge in [-0.25, -0.2) is 4.98 Å². The summed E-state index contributed by atoms with van der Waals surface area (Å²) in [5, 5.41) is 0.865. The Labute approximate surface area is 187 Å². The number of piperidine rings is 1. The Balaban J connectivity index is 1.69. The van der Waals surface area contributed by atoms with E-state index < -0.39 is 0 Å². The number of likely N-dealkylation sites (tertiary alicyclic amines) is 1. The number of nitrogens with zero attached hydrogens (tertiary/aromatic N) is 3. The van der Waals surface area contributed by atoms with Gasteiger partial charge in [0.1, 0.15) is 0 Å². The fourth-order valence-corrected chi connectivity index (χ4v) is 5.38. The quantitative estimate of drug-likeness (QED) is 0.430. The molecule has 3 atom stereocenters. The van der Waals surface area contributed by atoms with Crippen molar-refractivity contribution < 1.29 is 4.79 Å². The van der Waals surface area contributed by atoms with Gasteiger partial charge >= 0.3 is 0 Å². The molecular weight excluding hydrogens is 406 g/mol. The molecule has 0 unspecified atom stereocenters. The van der Waals surface area contributed by atoms with E-state index in [4.69, 9.17) is 4.98 Å². The van der Waals surface area contributed by atoms with Gasteiger partial charge in [-0.15, -0.1) is 0 Å². The standard InChI is InChI=1S/C25H29N3O2S/c1-17-10-9-11-18(2)28(17)23(29)19(3)31-25-26-22-15-8-7-14-21(22)24(30)27(25)16-20-12-5-4-6-13-20/h4-8,12-15,17-19H,9-11,16H2,1-3H3/t17-,18+,19-/m0/s1. The van der Waals surface area contributed by atoms with Gasteiger partial charge < -0.3 is 4.90 Å². The highest BCUT2D eigenvalue weighted by Gasteiger charge is 2.32. The second-order valence-electron chi connectivity index (χ2n) is 8.42. The van der Waals surface area contributed by atoms with Crippen molar-refractivity contribution in [3.8, 4) is 0 Å². The first-order chi connectivity index (χ1) is 15.0. The molecule has 1 aromatic heterocycles. The number of carbonyl (C=O) groups excluding carboxylic acids is 1. The third-order valence-corrected chi connectivity index (χ3v) is 7.17. The van der Waals surface area contributed by atoms with Crippen LogP contribution in [0.25, 0.3) is 10.9 Å². The van der Waals surface area contributed by atoms with Crippen molar-refractivity contribution >= 4 is 28.6 Å². The van der Waals surface area contributed by atoms with Gasteiger partial charge in [0.25, 0.3) is 5.56 Å². The van der Waals surface area contributed by atoms with E-state index in [9.17, 15) is 9.59 Å². The van der Waals surface area contributed by atoms with E-state index >= 15 is 0 Å². The van der Waals surface area contributed by atoms with Crippen LogP contribution in [0.2, 0.25) is 0 Å². The number of aromatic nitrogens is 2. The molecule has 162 valence electrons. The summed E-state index contributed by atoms with van der Waals surface area (Å²) in [6.45, 7) is 6.61. The Bertz CT molecular complexity index is 1120. The lowest BCUT2D eigenvalue weighted by atomic mass is 9.97. The molecule has 0 bridgehead atoms. The van der Waals surface area contributed by atoms with E-state index in [0.717, 1.165) is 24.8 Å². The largest absolute Gasteiger partial charge is 0.336 e. The Morgan fingerprint density at radius 3 is 2.42 bits per heavy atom. The van der Waals surface area contributed by atoms with E-state index in [0.29, 0.717) is 22.6 Å². The van der Waals surface area contributed by atoms with Crippen molar-refractivity contribution in [1.82, 2.24) is 14.5 Å². The van der Waals surface area contributed by atoms with Crippen LogP contribution >= 0.6 is 11.8 Å². The number of thioether (sulfide) groups is 1. The van der Waals surface area contributed by atoms with Gasteiger partial charge in [-0.1, -0.05) is 54.2 Å². The SMILES string of the molecule is C[C@H](Sc1nc2ccccc2c(=O)n1Cc1ccccc1)C(=O)N1[C@H](C)CCC[C@@H]1C. The predicted molar refractivity (Wildman–Crippen MR) is 126 cm³/mol. The molecule has 3 aromatic rings. The van der Waals surface area contributed by atoms with Gasteiger partial charge in [0, 0.05) is 12.1 Å². The second-order valence-corrected chi connectivity index (χ2v) is 9.73. The molecule has 0 aliphatic carbocycles. The van der Waals surface area contributed by atoms with Crippen molar-refractivity contribution in [3.63, 3.8) is 0 Å². The van der Waals surface area contributed by atoms with Gasteiger partial charge in [0.2, 0.25) is 5.91 Å². The van der Waals surface area contributed by atoms with E-state index in [-0.39, 0.29) is 28.8 Å². The summed E-state index contributed by atoms with van der Waals surface area (Å²) < 4.78 is 1.70. The third-order valence-electron chi connectivity index (χ3n) is 6.09. The molecule has 6 heteroatoms. The number of fused-ring (bicyclic) bond motifs is 1. The zero-order valence-corrected chi connectivity index (χ0v) is 19.1. The molecule has 0 spiro atoms. The fourth-order valence-electron chi connectivity index (χ4n) is 4.42. The minimum Gasteiger partial charge on any atom is -0.336 e. The summed E-state index contributed by atoms with van der Waals surface area (Å²) in [5.74, 6) is 0.123. The Hall–Kier alpha value is -2.60. The molecule has 1 saturated heterocycles. The van der Waals surface area contributed by atoms with Crippen molar-refractivity contribution in [2.45, 2.75) is 69.1 Å². The number of para-hydroxylation sites is 1. The van der Waals surface area contributed by atoms with Crippen LogP contribution in [-0.4, -0.2) is 37.7 Å². The van der Waals surface area contributed by atoms with Crippen molar-refractivity contribution in [1.29, 1.82) is 0 Å². The highest BCUT2D eigenvalue weighted by molar-refractivity contribution is 8.00. The fraction of sp³-hybridized carbons (Fsp3) is 0.400. The van der Waals surface area contributed by atoms with Crippen LogP contribution in [0.5, 0.6) is 0 Å². The Kier molecular flexibility index (Phi) is 6.46. The summed E-state index contributed by atoms with van der Waals surface area (Å²) in [6, 6.07) is 17.8. The molecular formula is C25H29N3O2S. The summed E-state index contributed by atoms with van der Waals surface area (Å²) in [7, 11) is 0. The molecule has 2 heterocycles. The molecule has 1 aliphatic rings. The molecule has 0 radical (unpaired) electrons. The molecule has 0 saturated carbocycles. The molecule has 5 nitrogen and oxygen atoms in total. The number of amides is 1. The Morgan fingerprint density at radius 2 is 1.71 bits per heavy atom. The van der Waals surface area contributed by atoms with Gasteiger partial charge in [-0.05, 0) is 57.7 Å². The van der Waals surface area contributed by atoms with Crippen molar-refractivity contribution in [2.75, 3.05) is 0 Å². The Morgan fingerprint density at radius 1 is 1.06 bits per heavy atom. The van der Waals surface area contributed by atoms with Crippen LogP contribution in [0, 0.1) is 0 Å². The minimum absolute atomic E-state index is 0.0729. The second kappa shape index (κ2) is 9.27. The highest BCUT2D eigenvalue weighted by atomic mass is 32.2. The van der Waals surface area contributed by atoms with Crippen molar-refractivity contribution in [2.24, 2.45) is 0 Å². The van der Waals surface area contributed by atoms with Crippen LogP contribution in [0.1, 0.15) is 45.6 Å². The molecule has 0 N–H and O–H groups in total. The topological polar surface area (TPSA) is 55.2 Å². The number of carbonyl (C=O) groups is 1. The van der Waals surface area contributed by atoms with E-state index in [2.05, 4.69) is 13.8 Å². The summed E-state index contributed by atoms with van der Waals surface area (Å²) in [4.78, 5) is 33.5. The summed E-state index contributed by atoms with van der Waals surface area (Å²) in [5.41, 5.74) is 1.62. The zero-order chi connectivity index (χ0) is 22.0. The molecule has 1 amide bonds. The summed E-state index contributed by atoms with van der Waals surface area (Å²) in [6.07, 6.45) is 3.25. The maximum Gasteiger partial charge on any atom is 0.262 e. The maximum atomic E-state index is 13.3. The van der Waals surface area contributed by atoms with Crippen LogP contribution in [0.3, 0.4) is 0 Å². The zero-order valence-electron chi connectivity index (χ0n) is 18.3. The average Bonchev–Trinajstić information content (AvgIpc) is 2.77. The first-order valence-electron chi connectivity index (χ1n) is 11.0. The van der Waals surface area contributed by atoms with Gasteiger partial charge in [0.15, 0.2) is 5.16 Å². The predicted octanol–water partition coefficient (Wildman–Crippen LogP) is 4.71. The van der Waals surface area contributed by atoms with Gasteiger partial charge in [0.05, 0.1) is 22.7 Å². The van der Waals surface area contributed by atoms with Gasteiger partial charge in [-0.3, -0.25) is 14.2 Å². The molecule has 4 rings (SSSR count). The van der Waals surface area contributed by atoms with Crippen LogP contribution in [-0.2, 0) is 11.3 Å². The first kappa shape index (κ1) is 21.6. The summed E-state index contributed by atoms with van der Waals surface area (Å²) >= 11 is 1.38. The normalized spacial score (nSPS) is 20.0. The third kappa shape index (κ3) is 4.54. The number of benzene rings is 2. The van der Waals surface area contributed by atoms with Crippen LogP contribution < -0.4 is 5.56 Å². The highest BCUT2D eigenvalue weighted by Crippen LogP contribution is 2.29. The van der Waals surface area contributed by atoms with E-state index in [1.54, 1.807) is 4.57 Å². The maximum absolute atomic E-state index is 13.3. The lowest BCUT2D eigenvalue weighted by Gasteiger charge is -2.40. The molecule has 1 aliphatic heterocycles. The number of hydrogen-bond acceptors (Lipinski definition) is 4. The van der Waals surface area contributed by atoms with Crippen molar-refractivity contribution in [3.05, 3.63) is 70.5 Å². The van der Waals surface area contributed by atoms with Gasteiger partial charge in [-0.2, -0.15) is 0 Å². The van der Waals surface area contributed by atoms with Crippen LogP contribution in [0.15, 0.2) is 64.5 Å². The first-order valence-corrected chi connectivity index (χ1v) is 11.9. The molecule has 31 heavy (non-hydrogen) atoms. The molecule has 2 aromatic carbocycles. The monoisotopic (exact) mass is 435 g/mol. The van der Waals surface area contributed by atoms with Crippen LogP contribution in [0.4, 0.5) is 0 Å². The smallest absolute Gasteiger partial charge is 0.262 e. The lowest BCUT2D eigenvalue weighted by Crippen LogP contribution is -2.50. The number of hydrogen-bond donors (Lipinski definition) is 0. The average molecular weight is 436 g/mol.